The minimum atomic E-state index is -0.0231. The molecular weight excluding hydrogens is 460 g/mol. The molecule has 0 aliphatic carbocycles. The van der Waals surface area contributed by atoms with E-state index in [1.165, 1.54) is 16.9 Å². The molecule has 2 amide bonds. The van der Waals surface area contributed by atoms with E-state index < -0.39 is 0 Å². The van der Waals surface area contributed by atoms with Crippen molar-refractivity contribution in [3.8, 4) is 5.75 Å². The molecule has 0 bridgehead atoms. The van der Waals surface area contributed by atoms with Crippen LogP contribution in [0.4, 0.5) is 5.69 Å². The predicted molar refractivity (Wildman–Crippen MR) is 139 cm³/mol. The van der Waals surface area contributed by atoms with Crippen molar-refractivity contribution in [2.75, 3.05) is 38.0 Å². The molecule has 0 atom stereocenters. The molecule has 35 heavy (non-hydrogen) atoms. The molecular formula is C27H32N4O3S. The van der Waals surface area contributed by atoms with Crippen molar-refractivity contribution in [2.45, 2.75) is 33.8 Å². The number of aryl methyl sites for hydroxylation is 3. The molecule has 1 N–H and O–H groups in total. The van der Waals surface area contributed by atoms with Crippen LogP contribution in [0.5, 0.6) is 5.75 Å². The van der Waals surface area contributed by atoms with Crippen molar-refractivity contribution in [3.05, 3.63) is 75.2 Å². The lowest BCUT2D eigenvalue weighted by Crippen LogP contribution is -2.50. The van der Waals surface area contributed by atoms with E-state index in [1.807, 2.05) is 73.5 Å². The Bertz CT molecular complexity index is 1150. The Kier molecular flexibility index (Phi) is 8.15. The number of benzene rings is 2. The summed E-state index contributed by atoms with van der Waals surface area (Å²) >= 11 is 1.51. The molecule has 2 heterocycles. The minimum absolute atomic E-state index is 0.0231. The van der Waals surface area contributed by atoms with Gasteiger partial charge >= 0.3 is 0 Å². The summed E-state index contributed by atoms with van der Waals surface area (Å²) in [5.74, 6) is 0.856. The molecule has 3 aromatic rings. The number of ether oxygens (including phenoxy) is 1. The van der Waals surface area contributed by atoms with Gasteiger partial charge in [0.2, 0.25) is 11.8 Å². The second-order valence-corrected chi connectivity index (χ2v) is 9.93. The fourth-order valence-electron chi connectivity index (χ4n) is 4.09. The smallest absolute Gasteiger partial charge is 0.238 e. The number of anilines is 1. The predicted octanol–water partition coefficient (Wildman–Crippen LogP) is 3.97. The van der Waals surface area contributed by atoms with E-state index in [4.69, 9.17) is 4.74 Å². The highest BCUT2D eigenvalue weighted by atomic mass is 32.1. The summed E-state index contributed by atoms with van der Waals surface area (Å²) in [6, 6.07) is 13.9. The van der Waals surface area contributed by atoms with Crippen LogP contribution in [0.25, 0.3) is 0 Å². The lowest BCUT2D eigenvalue weighted by atomic mass is 10.1. The van der Waals surface area contributed by atoms with Crippen LogP contribution < -0.4 is 10.1 Å². The van der Waals surface area contributed by atoms with Crippen molar-refractivity contribution in [3.63, 3.8) is 0 Å². The van der Waals surface area contributed by atoms with Crippen LogP contribution in [0, 0.1) is 20.8 Å². The van der Waals surface area contributed by atoms with Crippen molar-refractivity contribution in [1.82, 2.24) is 14.8 Å². The van der Waals surface area contributed by atoms with Gasteiger partial charge in [0.15, 0.2) is 0 Å². The number of carbonyl (C=O) groups excluding carboxylic acids is 2. The summed E-state index contributed by atoms with van der Waals surface area (Å²) in [6.07, 6.45) is 0.286. The van der Waals surface area contributed by atoms with Gasteiger partial charge < -0.3 is 15.0 Å². The van der Waals surface area contributed by atoms with Gasteiger partial charge in [-0.3, -0.25) is 14.5 Å². The van der Waals surface area contributed by atoms with E-state index in [0.29, 0.717) is 39.3 Å². The summed E-state index contributed by atoms with van der Waals surface area (Å²) in [6.45, 7) is 9.34. The van der Waals surface area contributed by atoms with Crippen LogP contribution in [-0.2, 0) is 22.6 Å². The quantitative estimate of drug-likeness (QED) is 0.515. The van der Waals surface area contributed by atoms with E-state index in [2.05, 4.69) is 15.2 Å². The Morgan fingerprint density at radius 1 is 1.00 bits per heavy atom. The number of nitrogens with zero attached hydrogens (tertiary/aromatic N) is 3. The summed E-state index contributed by atoms with van der Waals surface area (Å²) in [5, 5.41) is 5.82. The van der Waals surface area contributed by atoms with Crippen LogP contribution in [0.3, 0.4) is 0 Å². The molecule has 0 spiro atoms. The second kappa shape index (κ2) is 11.5. The number of para-hydroxylation sites is 1. The normalized spacial score (nSPS) is 14.1. The number of aromatic nitrogens is 1. The molecule has 1 fully saturated rings. The van der Waals surface area contributed by atoms with E-state index in [-0.39, 0.29) is 18.2 Å². The van der Waals surface area contributed by atoms with E-state index in [9.17, 15) is 9.59 Å². The Morgan fingerprint density at radius 3 is 2.37 bits per heavy atom. The Balaban J connectivity index is 1.20. The van der Waals surface area contributed by atoms with Crippen molar-refractivity contribution < 1.29 is 14.3 Å². The second-order valence-electron chi connectivity index (χ2n) is 8.98. The molecule has 4 rings (SSSR count). The topological polar surface area (TPSA) is 74.8 Å². The van der Waals surface area contributed by atoms with Gasteiger partial charge in [0, 0.05) is 37.2 Å². The third kappa shape index (κ3) is 6.90. The maximum atomic E-state index is 12.8. The van der Waals surface area contributed by atoms with Gasteiger partial charge in [0.1, 0.15) is 17.4 Å². The average molecular weight is 493 g/mol. The molecule has 1 aliphatic rings. The van der Waals surface area contributed by atoms with Gasteiger partial charge in [-0.05, 0) is 44.0 Å². The maximum Gasteiger partial charge on any atom is 0.238 e. The van der Waals surface area contributed by atoms with Crippen LogP contribution in [-0.4, -0.2) is 59.3 Å². The third-order valence-corrected chi connectivity index (χ3v) is 7.02. The number of piperazine rings is 1. The highest BCUT2D eigenvalue weighted by molar-refractivity contribution is 7.09. The van der Waals surface area contributed by atoms with E-state index in [1.54, 1.807) is 0 Å². The largest absolute Gasteiger partial charge is 0.486 e. The van der Waals surface area contributed by atoms with Crippen molar-refractivity contribution in [2.24, 2.45) is 0 Å². The van der Waals surface area contributed by atoms with Gasteiger partial charge in [0.05, 0.1) is 18.7 Å². The molecule has 1 aromatic heterocycles. The number of thiazole rings is 1. The van der Waals surface area contributed by atoms with Crippen LogP contribution in [0.1, 0.15) is 27.4 Å². The zero-order valence-electron chi connectivity index (χ0n) is 20.5. The number of carbonyl (C=O) groups is 2. The van der Waals surface area contributed by atoms with Crippen molar-refractivity contribution >= 4 is 28.8 Å². The average Bonchev–Trinajstić information content (AvgIpc) is 3.29. The summed E-state index contributed by atoms with van der Waals surface area (Å²) in [7, 11) is 0. The van der Waals surface area contributed by atoms with Crippen molar-refractivity contribution in [1.29, 1.82) is 0 Å². The summed E-state index contributed by atoms with van der Waals surface area (Å²) < 4.78 is 5.79. The van der Waals surface area contributed by atoms with Gasteiger partial charge in [-0.15, -0.1) is 11.3 Å². The minimum Gasteiger partial charge on any atom is -0.486 e. The van der Waals surface area contributed by atoms with E-state index >= 15 is 0 Å². The zero-order valence-corrected chi connectivity index (χ0v) is 21.4. The first-order valence-electron chi connectivity index (χ1n) is 11.9. The maximum absolute atomic E-state index is 12.8. The number of nitrogens with one attached hydrogen (secondary N) is 1. The molecule has 1 saturated heterocycles. The van der Waals surface area contributed by atoms with Crippen LogP contribution >= 0.6 is 11.3 Å². The zero-order chi connectivity index (χ0) is 24.8. The lowest BCUT2D eigenvalue weighted by molar-refractivity contribution is -0.132. The summed E-state index contributed by atoms with van der Waals surface area (Å²) in [4.78, 5) is 33.9. The monoisotopic (exact) mass is 492 g/mol. The van der Waals surface area contributed by atoms with Crippen LogP contribution in [0.2, 0.25) is 0 Å². The molecule has 1 aliphatic heterocycles. The molecule has 2 aromatic carbocycles. The number of hydrogen-bond acceptors (Lipinski definition) is 6. The molecule has 0 saturated carbocycles. The fraction of sp³-hybridized carbons (Fsp3) is 0.370. The Hall–Kier alpha value is -3.23. The first-order chi connectivity index (χ1) is 16.9. The molecule has 184 valence electrons. The highest BCUT2D eigenvalue weighted by Crippen LogP contribution is 2.20. The van der Waals surface area contributed by atoms with Crippen LogP contribution in [0.15, 0.2) is 47.8 Å². The first-order valence-corrected chi connectivity index (χ1v) is 12.7. The van der Waals surface area contributed by atoms with E-state index in [0.717, 1.165) is 33.3 Å². The number of rotatable bonds is 8. The Labute approximate surface area is 210 Å². The molecule has 8 heteroatoms. The standard InChI is InChI=1S/C27H32N4O3S/c1-19-7-9-23(10-8-19)34-17-25-28-22(18-35-25)15-26(33)31-13-11-30(12-14-31)16-24(32)29-27-20(2)5-4-6-21(27)3/h4-10,18H,11-17H2,1-3H3,(H,29,32). The number of hydrogen-bond donors (Lipinski definition) is 1. The van der Waals surface area contributed by atoms with Gasteiger partial charge in [-0.25, -0.2) is 4.98 Å². The Morgan fingerprint density at radius 2 is 1.69 bits per heavy atom. The van der Waals surface area contributed by atoms with Gasteiger partial charge in [0.25, 0.3) is 0 Å². The molecule has 0 unspecified atom stereocenters. The lowest BCUT2D eigenvalue weighted by Gasteiger charge is -2.34. The SMILES string of the molecule is Cc1ccc(OCc2nc(CC(=O)N3CCN(CC(=O)Nc4c(C)cccc4C)CC3)cs2)cc1. The first kappa shape index (κ1) is 24.9. The van der Waals surface area contributed by atoms with Gasteiger partial charge in [-0.1, -0.05) is 35.9 Å². The fourth-order valence-corrected chi connectivity index (χ4v) is 4.80. The number of amides is 2. The molecule has 7 nitrogen and oxygen atoms in total. The van der Waals surface area contributed by atoms with Gasteiger partial charge in [-0.2, -0.15) is 0 Å². The highest BCUT2D eigenvalue weighted by Gasteiger charge is 2.23. The summed E-state index contributed by atoms with van der Waals surface area (Å²) in [5.41, 5.74) is 4.96. The molecule has 0 radical (unpaired) electrons. The third-order valence-electron chi connectivity index (χ3n) is 6.15.